The zero-order valence-corrected chi connectivity index (χ0v) is 16.7. The van der Waals surface area contributed by atoms with Gasteiger partial charge in [-0.25, -0.2) is 9.97 Å². The smallest absolute Gasteiger partial charge is 0.316 e. The zero-order chi connectivity index (χ0) is 19.2. The molecule has 0 aliphatic carbocycles. The monoisotopic (exact) mass is 406 g/mol. The van der Waals surface area contributed by atoms with Crippen molar-refractivity contribution in [1.82, 2.24) is 9.97 Å². The lowest BCUT2D eigenvalue weighted by Gasteiger charge is -2.05. The van der Waals surface area contributed by atoms with Gasteiger partial charge in [-0.15, -0.1) is 11.3 Å². The van der Waals surface area contributed by atoms with Gasteiger partial charge in [-0.2, -0.15) is 0 Å². The molecule has 0 saturated carbocycles. The number of benzene rings is 2. The third-order valence-electron chi connectivity index (χ3n) is 4.17. The molecule has 0 aliphatic heterocycles. The molecular formula is C22H18N2O2S2. The van der Waals surface area contributed by atoms with Crippen molar-refractivity contribution in [3.05, 3.63) is 78.6 Å². The SMILES string of the molecule is O=C(CSc1ncnc2sc(-c3ccccc3)cc12)OCCc1ccccc1. The number of hydrogen-bond acceptors (Lipinski definition) is 6. The molecule has 140 valence electrons. The van der Waals surface area contributed by atoms with Crippen molar-refractivity contribution in [1.29, 1.82) is 0 Å². The number of nitrogens with zero attached hydrogens (tertiary/aromatic N) is 2. The Labute approximate surface area is 171 Å². The molecule has 0 aliphatic rings. The maximum absolute atomic E-state index is 12.1. The third-order valence-corrected chi connectivity index (χ3v) is 6.25. The molecule has 4 aromatic rings. The third kappa shape index (κ3) is 4.58. The van der Waals surface area contributed by atoms with Crippen LogP contribution in [0, 0.1) is 0 Å². The van der Waals surface area contributed by atoms with Crippen LogP contribution in [0.15, 0.2) is 78.1 Å². The molecule has 0 atom stereocenters. The van der Waals surface area contributed by atoms with E-state index in [0.717, 1.165) is 37.7 Å². The average molecular weight is 407 g/mol. The fourth-order valence-electron chi connectivity index (χ4n) is 2.79. The summed E-state index contributed by atoms with van der Waals surface area (Å²) in [5.41, 5.74) is 2.31. The van der Waals surface area contributed by atoms with Crippen LogP contribution in [-0.4, -0.2) is 28.3 Å². The highest BCUT2D eigenvalue weighted by atomic mass is 32.2. The van der Waals surface area contributed by atoms with Gasteiger partial charge >= 0.3 is 5.97 Å². The largest absolute Gasteiger partial charge is 0.465 e. The minimum absolute atomic E-state index is 0.230. The Bertz CT molecular complexity index is 1070. The van der Waals surface area contributed by atoms with E-state index in [-0.39, 0.29) is 11.7 Å². The second kappa shape index (κ2) is 8.99. The summed E-state index contributed by atoms with van der Waals surface area (Å²) < 4.78 is 5.35. The minimum Gasteiger partial charge on any atom is -0.465 e. The molecule has 0 radical (unpaired) electrons. The molecule has 0 saturated heterocycles. The van der Waals surface area contributed by atoms with E-state index in [0.29, 0.717) is 6.61 Å². The van der Waals surface area contributed by atoms with E-state index in [4.69, 9.17) is 4.74 Å². The van der Waals surface area contributed by atoms with Crippen LogP contribution in [0.2, 0.25) is 0 Å². The molecule has 0 N–H and O–H groups in total. The first kappa shape index (κ1) is 18.7. The van der Waals surface area contributed by atoms with Crippen LogP contribution in [-0.2, 0) is 16.0 Å². The van der Waals surface area contributed by atoms with Crippen LogP contribution >= 0.6 is 23.1 Å². The van der Waals surface area contributed by atoms with Crippen LogP contribution in [0.4, 0.5) is 0 Å². The van der Waals surface area contributed by atoms with Gasteiger partial charge in [0.1, 0.15) is 16.2 Å². The van der Waals surface area contributed by atoms with E-state index >= 15 is 0 Å². The Kier molecular flexibility index (Phi) is 5.99. The Hall–Kier alpha value is -2.70. The summed E-state index contributed by atoms with van der Waals surface area (Å²) in [6.07, 6.45) is 2.27. The summed E-state index contributed by atoms with van der Waals surface area (Å²) in [5.74, 6) is 0.00319. The molecule has 2 aromatic heterocycles. The quantitative estimate of drug-likeness (QED) is 0.239. The van der Waals surface area contributed by atoms with Gasteiger partial charge in [0.25, 0.3) is 0 Å². The molecule has 4 nitrogen and oxygen atoms in total. The van der Waals surface area contributed by atoms with Gasteiger partial charge < -0.3 is 4.74 Å². The van der Waals surface area contributed by atoms with Crippen molar-refractivity contribution in [2.45, 2.75) is 11.4 Å². The number of esters is 1. The lowest BCUT2D eigenvalue weighted by atomic mass is 10.2. The first-order valence-corrected chi connectivity index (χ1v) is 10.7. The summed E-state index contributed by atoms with van der Waals surface area (Å²) in [5, 5.41) is 1.79. The predicted octanol–water partition coefficient (Wildman–Crippen LogP) is 5.24. The van der Waals surface area contributed by atoms with E-state index in [1.54, 1.807) is 17.7 Å². The molecule has 6 heteroatoms. The first-order chi connectivity index (χ1) is 13.8. The van der Waals surface area contributed by atoms with Crippen LogP contribution < -0.4 is 0 Å². The molecule has 0 fully saturated rings. The second-order valence-electron chi connectivity index (χ2n) is 6.12. The number of aromatic nitrogens is 2. The fourth-order valence-corrected chi connectivity index (χ4v) is 4.63. The van der Waals surface area contributed by atoms with Crippen molar-refractivity contribution in [3.63, 3.8) is 0 Å². The van der Waals surface area contributed by atoms with Gasteiger partial charge in [0.05, 0.1) is 12.4 Å². The van der Waals surface area contributed by atoms with Gasteiger partial charge in [-0.05, 0) is 17.2 Å². The van der Waals surface area contributed by atoms with E-state index in [9.17, 15) is 4.79 Å². The number of ether oxygens (including phenoxy) is 1. The fraction of sp³-hybridized carbons (Fsp3) is 0.136. The molecule has 0 spiro atoms. The van der Waals surface area contributed by atoms with E-state index in [1.165, 1.54) is 11.8 Å². The number of hydrogen-bond donors (Lipinski definition) is 0. The minimum atomic E-state index is -0.230. The predicted molar refractivity (Wildman–Crippen MR) is 115 cm³/mol. The Morgan fingerprint density at radius 3 is 2.54 bits per heavy atom. The normalized spacial score (nSPS) is 10.9. The standard InChI is InChI=1S/C22H18N2O2S2/c25-20(26-12-11-16-7-3-1-4-8-16)14-27-21-18-13-19(17-9-5-2-6-10-17)28-22(18)24-15-23-21/h1-10,13,15H,11-12,14H2. The van der Waals surface area contributed by atoms with Crippen LogP contribution in [0.25, 0.3) is 20.7 Å². The lowest BCUT2D eigenvalue weighted by molar-refractivity contribution is -0.140. The van der Waals surface area contributed by atoms with Gasteiger partial charge in [0.15, 0.2) is 0 Å². The van der Waals surface area contributed by atoms with Crippen LogP contribution in [0.1, 0.15) is 5.56 Å². The van der Waals surface area contributed by atoms with Crippen molar-refractivity contribution in [2.24, 2.45) is 0 Å². The Balaban J connectivity index is 1.38. The van der Waals surface area contributed by atoms with Crippen LogP contribution in [0.3, 0.4) is 0 Å². The number of rotatable bonds is 7. The maximum Gasteiger partial charge on any atom is 0.316 e. The topological polar surface area (TPSA) is 52.1 Å². The molecular weight excluding hydrogens is 388 g/mol. The summed E-state index contributed by atoms with van der Waals surface area (Å²) in [6, 6.07) is 22.3. The molecule has 4 rings (SSSR count). The van der Waals surface area contributed by atoms with Gasteiger partial charge in [-0.3, -0.25) is 4.79 Å². The van der Waals surface area contributed by atoms with Crippen molar-refractivity contribution < 1.29 is 9.53 Å². The highest BCUT2D eigenvalue weighted by Crippen LogP contribution is 2.36. The Morgan fingerprint density at radius 1 is 1.00 bits per heavy atom. The highest BCUT2D eigenvalue weighted by molar-refractivity contribution is 8.00. The zero-order valence-electron chi connectivity index (χ0n) is 15.1. The van der Waals surface area contributed by atoms with Crippen molar-refractivity contribution >= 4 is 39.3 Å². The first-order valence-electron chi connectivity index (χ1n) is 8.92. The lowest BCUT2D eigenvalue weighted by Crippen LogP contribution is -2.10. The average Bonchev–Trinajstić information content (AvgIpc) is 3.19. The number of carbonyl (C=O) groups is 1. The molecule has 2 aromatic carbocycles. The summed E-state index contributed by atoms with van der Waals surface area (Å²) in [7, 11) is 0. The molecule has 28 heavy (non-hydrogen) atoms. The van der Waals surface area contributed by atoms with Gasteiger partial charge in [0, 0.05) is 16.7 Å². The summed E-state index contributed by atoms with van der Waals surface area (Å²) in [4.78, 5) is 22.9. The van der Waals surface area contributed by atoms with Gasteiger partial charge in [-0.1, -0.05) is 72.4 Å². The van der Waals surface area contributed by atoms with E-state index in [1.807, 2.05) is 48.5 Å². The van der Waals surface area contributed by atoms with Crippen LogP contribution in [0.5, 0.6) is 0 Å². The van der Waals surface area contributed by atoms with E-state index in [2.05, 4.69) is 28.2 Å². The highest BCUT2D eigenvalue weighted by Gasteiger charge is 2.12. The Morgan fingerprint density at radius 2 is 1.75 bits per heavy atom. The van der Waals surface area contributed by atoms with Crippen molar-refractivity contribution in [2.75, 3.05) is 12.4 Å². The molecule has 0 bridgehead atoms. The number of fused-ring (bicyclic) bond motifs is 1. The maximum atomic E-state index is 12.1. The van der Waals surface area contributed by atoms with E-state index < -0.39 is 0 Å². The van der Waals surface area contributed by atoms with Gasteiger partial charge in [0.2, 0.25) is 0 Å². The second-order valence-corrected chi connectivity index (χ2v) is 8.11. The summed E-state index contributed by atoms with van der Waals surface area (Å²) in [6.45, 7) is 0.388. The molecule has 0 amide bonds. The molecule has 2 heterocycles. The van der Waals surface area contributed by atoms with Crippen molar-refractivity contribution in [3.8, 4) is 10.4 Å². The molecule has 0 unspecified atom stereocenters. The number of thiophene rings is 1. The summed E-state index contributed by atoms with van der Waals surface area (Å²) >= 11 is 3.02. The number of thioether (sulfide) groups is 1. The number of carbonyl (C=O) groups excluding carboxylic acids is 1.